The summed E-state index contributed by atoms with van der Waals surface area (Å²) < 4.78 is 0. The van der Waals surface area contributed by atoms with E-state index < -0.39 is 0 Å². The highest BCUT2D eigenvalue weighted by atomic mass is 14.3. The van der Waals surface area contributed by atoms with E-state index in [2.05, 4.69) is 54.3 Å². The first kappa shape index (κ1) is 7.28. The van der Waals surface area contributed by atoms with Gasteiger partial charge in [0.1, 0.15) is 0 Å². The summed E-state index contributed by atoms with van der Waals surface area (Å²) >= 11 is 0. The summed E-state index contributed by atoms with van der Waals surface area (Å²) in [6, 6.07) is 15.0. The van der Waals surface area contributed by atoms with Gasteiger partial charge in [0.25, 0.3) is 0 Å². The summed E-state index contributed by atoms with van der Waals surface area (Å²) in [7, 11) is 0. The zero-order chi connectivity index (χ0) is 9.83. The van der Waals surface area contributed by atoms with Crippen molar-refractivity contribution in [1.29, 1.82) is 0 Å². The molecule has 0 nitrogen and oxygen atoms in total. The average Bonchev–Trinajstić information content (AvgIpc) is 2.85. The molecular formula is C15H8. The quantitative estimate of drug-likeness (QED) is 0.369. The molecule has 15 heavy (non-hydrogen) atoms. The fourth-order valence-electron chi connectivity index (χ4n) is 2.56. The summed E-state index contributed by atoms with van der Waals surface area (Å²) in [6.45, 7) is 0. The highest BCUT2D eigenvalue weighted by molar-refractivity contribution is 6.06. The maximum atomic E-state index is 3.37. The van der Waals surface area contributed by atoms with Crippen LogP contribution in [0.15, 0.2) is 48.2 Å². The van der Waals surface area contributed by atoms with Crippen molar-refractivity contribution in [2.24, 2.45) is 0 Å². The molecule has 0 atom stereocenters. The summed E-state index contributed by atoms with van der Waals surface area (Å²) in [4.78, 5) is 0. The molecule has 2 aliphatic rings. The normalized spacial score (nSPS) is 13.7. The fraction of sp³-hybridized carbons (Fsp3) is 0. The molecule has 0 aromatic heterocycles. The first-order valence-electron chi connectivity index (χ1n) is 5.15. The number of rotatable bonds is 0. The lowest BCUT2D eigenvalue weighted by atomic mass is 10.0. The Morgan fingerprint density at radius 2 is 1.53 bits per heavy atom. The number of benzene rings is 2. The molecule has 0 spiro atoms. The molecule has 0 N–H and O–H groups in total. The molecule has 0 heteroatoms. The van der Waals surface area contributed by atoms with Crippen molar-refractivity contribution >= 4 is 11.6 Å². The lowest BCUT2D eigenvalue weighted by Crippen LogP contribution is -1.79. The van der Waals surface area contributed by atoms with Crippen LogP contribution in [0.4, 0.5) is 0 Å². The Bertz CT molecular complexity index is 653. The molecule has 0 fully saturated rings. The van der Waals surface area contributed by atoms with E-state index >= 15 is 0 Å². The molecule has 0 bridgehead atoms. The van der Waals surface area contributed by atoms with Crippen LogP contribution in [0.1, 0.15) is 16.7 Å². The van der Waals surface area contributed by atoms with Crippen molar-refractivity contribution in [3.63, 3.8) is 0 Å². The first-order valence-corrected chi connectivity index (χ1v) is 5.15. The fourth-order valence-corrected chi connectivity index (χ4v) is 2.56. The average molecular weight is 188 g/mol. The molecule has 4 rings (SSSR count). The van der Waals surface area contributed by atoms with Gasteiger partial charge < -0.3 is 0 Å². The van der Waals surface area contributed by atoms with Crippen molar-refractivity contribution in [1.82, 2.24) is 0 Å². The molecule has 0 aliphatic heterocycles. The third-order valence-corrected chi connectivity index (χ3v) is 3.21. The maximum Gasteiger partial charge on any atom is 0.0328 e. The second kappa shape index (κ2) is 2.31. The van der Waals surface area contributed by atoms with Gasteiger partial charge >= 0.3 is 0 Å². The van der Waals surface area contributed by atoms with Gasteiger partial charge in [-0.15, -0.1) is 5.73 Å². The zero-order valence-corrected chi connectivity index (χ0v) is 8.12. The van der Waals surface area contributed by atoms with E-state index in [4.69, 9.17) is 0 Å². The molecule has 68 valence electrons. The van der Waals surface area contributed by atoms with Crippen molar-refractivity contribution in [2.45, 2.75) is 0 Å². The van der Waals surface area contributed by atoms with Gasteiger partial charge in [0.15, 0.2) is 0 Å². The highest BCUT2D eigenvalue weighted by Crippen LogP contribution is 2.47. The molecule has 2 aliphatic carbocycles. The largest absolute Gasteiger partial charge is 0.111 e. The molecule has 0 saturated carbocycles. The minimum absolute atomic E-state index is 1.27. The lowest BCUT2D eigenvalue weighted by molar-refractivity contribution is 1.62. The summed E-state index contributed by atoms with van der Waals surface area (Å²) in [5.41, 5.74) is 11.4. The van der Waals surface area contributed by atoms with Gasteiger partial charge in [-0.05, 0) is 28.3 Å². The molecule has 0 unspecified atom stereocenters. The van der Waals surface area contributed by atoms with Crippen molar-refractivity contribution < 1.29 is 0 Å². The summed E-state index contributed by atoms with van der Waals surface area (Å²) in [5.74, 6) is 0. The minimum Gasteiger partial charge on any atom is -0.111 e. The third-order valence-electron chi connectivity index (χ3n) is 3.21. The van der Waals surface area contributed by atoms with Crippen LogP contribution in [0.5, 0.6) is 0 Å². The van der Waals surface area contributed by atoms with Crippen LogP contribution in [0.2, 0.25) is 0 Å². The Morgan fingerprint density at radius 3 is 2.47 bits per heavy atom. The van der Waals surface area contributed by atoms with Crippen LogP contribution in [0.3, 0.4) is 0 Å². The van der Waals surface area contributed by atoms with Crippen LogP contribution in [0, 0.1) is 0 Å². The van der Waals surface area contributed by atoms with Gasteiger partial charge in [0, 0.05) is 11.1 Å². The van der Waals surface area contributed by atoms with Gasteiger partial charge in [-0.25, -0.2) is 0 Å². The predicted molar refractivity (Wildman–Crippen MR) is 62.4 cm³/mol. The van der Waals surface area contributed by atoms with Gasteiger partial charge in [0.05, 0.1) is 0 Å². The van der Waals surface area contributed by atoms with E-state index in [-0.39, 0.29) is 0 Å². The zero-order valence-electron chi connectivity index (χ0n) is 8.12. The molecule has 0 saturated heterocycles. The Kier molecular flexibility index (Phi) is 1.12. The van der Waals surface area contributed by atoms with Crippen LogP contribution in [0.25, 0.3) is 22.8 Å². The summed E-state index contributed by atoms with van der Waals surface area (Å²) in [5, 5.41) is 0. The van der Waals surface area contributed by atoms with Gasteiger partial charge in [-0.1, -0.05) is 42.5 Å². The van der Waals surface area contributed by atoms with E-state index in [1.165, 1.54) is 33.4 Å². The minimum atomic E-state index is 1.27. The maximum absolute atomic E-state index is 3.37. The number of hydrogen-bond acceptors (Lipinski definition) is 0. The third kappa shape index (κ3) is 0.743. The number of hydrogen-bond donors (Lipinski definition) is 0. The molecule has 0 amide bonds. The molecule has 2 aromatic rings. The van der Waals surface area contributed by atoms with E-state index in [9.17, 15) is 0 Å². The Labute approximate surface area is 88.2 Å². The predicted octanol–water partition coefficient (Wildman–Crippen LogP) is 3.72. The number of fused-ring (bicyclic) bond motifs is 3. The Balaban J connectivity index is 2.25. The Morgan fingerprint density at radius 1 is 0.733 bits per heavy atom. The van der Waals surface area contributed by atoms with E-state index in [1.54, 1.807) is 0 Å². The first-order chi connectivity index (χ1) is 7.45. The van der Waals surface area contributed by atoms with Crippen LogP contribution < -0.4 is 0 Å². The van der Waals surface area contributed by atoms with Crippen LogP contribution >= 0.6 is 0 Å². The van der Waals surface area contributed by atoms with E-state index in [0.29, 0.717) is 0 Å². The smallest absolute Gasteiger partial charge is 0.0328 e. The summed E-state index contributed by atoms with van der Waals surface area (Å²) in [6.07, 6.45) is 2.09. The SMILES string of the molecule is C1=Cc2cccc3c2C=1c1ccccc1-3. The molecule has 0 heterocycles. The molecule has 2 aromatic carbocycles. The standard InChI is InChI=1S/C15H8/c1-2-6-12-11(5-1)13-7-3-4-10-8-9-14(12)15(10)13/h1-8H. The van der Waals surface area contributed by atoms with Crippen molar-refractivity contribution in [3.8, 4) is 11.1 Å². The van der Waals surface area contributed by atoms with Gasteiger partial charge in [-0.2, -0.15) is 0 Å². The van der Waals surface area contributed by atoms with Crippen LogP contribution in [-0.2, 0) is 0 Å². The monoisotopic (exact) mass is 188 g/mol. The van der Waals surface area contributed by atoms with E-state index in [1.807, 2.05) is 0 Å². The van der Waals surface area contributed by atoms with Gasteiger partial charge in [0.2, 0.25) is 0 Å². The lowest BCUT2D eigenvalue weighted by Gasteiger charge is -2.00. The topological polar surface area (TPSA) is 0 Å². The second-order valence-electron chi connectivity index (χ2n) is 3.98. The Hall–Kier alpha value is -2.04. The van der Waals surface area contributed by atoms with Gasteiger partial charge in [-0.3, -0.25) is 0 Å². The highest BCUT2D eigenvalue weighted by Gasteiger charge is 2.26. The van der Waals surface area contributed by atoms with E-state index in [0.717, 1.165) is 0 Å². The van der Waals surface area contributed by atoms with Crippen molar-refractivity contribution in [3.05, 3.63) is 64.9 Å². The molecular weight excluding hydrogens is 180 g/mol. The van der Waals surface area contributed by atoms with Crippen molar-refractivity contribution in [2.75, 3.05) is 0 Å². The molecule has 0 radical (unpaired) electrons. The second-order valence-corrected chi connectivity index (χ2v) is 3.98. The van der Waals surface area contributed by atoms with Crippen LogP contribution in [-0.4, -0.2) is 0 Å².